The number of hydrogen-bond donors (Lipinski definition) is 0. The van der Waals surface area contributed by atoms with E-state index in [1.54, 1.807) is 0 Å². The molecule has 0 N–H and O–H groups in total. The van der Waals surface area contributed by atoms with Crippen molar-refractivity contribution in [3.05, 3.63) is 0 Å². The topological polar surface area (TPSA) is 43.4 Å². The van der Waals surface area contributed by atoms with Crippen molar-refractivity contribution in [1.82, 2.24) is 0 Å². The molecule has 1 heterocycles. The molecule has 0 unspecified atom stereocenters. The molecule has 1 saturated carbocycles. The van der Waals surface area contributed by atoms with Gasteiger partial charge in [-0.25, -0.2) is 0 Å². The van der Waals surface area contributed by atoms with Crippen LogP contribution in [0.4, 0.5) is 0 Å². The second-order valence-corrected chi connectivity index (χ2v) is 3.29. The molecule has 3 atom stereocenters. The molecule has 60 valence electrons. The highest BCUT2D eigenvalue weighted by Crippen LogP contribution is 2.38. The third-order valence-electron chi connectivity index (χ3n) is 2.66. The van der Waals surface area contributed by atoms with Gasteiger partial charge in [-0.05, 0) is 13.3 Å². The zero-order valence-corrected chi connectivity index (χ0v) is 6.37. The Balaban J connectivity index is 2.28. The molecular formula is C8H10O3. The minimum absolute atomic E-state index is 0.0426. The van der Waals surface area contributed by atoms with E-state index in [2.05, 4.69) is 0 Å². The van der Waals surface area contributed by atoms with Crippen LogP contribution >= 0.6 is 0 Å². The summed E-state index contributed by atoms with van der Waals surface area (Å²) in [6, 6.07) is 0. The van der Waals surface area contributed by atoms with Crippen molar-refractivity contribution in [2.45, 2.75) is 25.9 Å². The van der Waals surface area contributed by atoms with Gasteiger partial charge in [0.05, 0.1) is 0 Å². The zero-order valence-electron chi connectivity index (χ0n) is 6.37. The van der Waals surface area contributed by atoms with Crippen LogP contribution < -0.4 is 0 Å². The molecule has 1 aliphatic carbocycles. The van der Waals surface area contributed by atoms with Gasteiger partial charge in [0.2, 0.25) is 0 Å². The van der Waals surface area contributed by atoms with E-state index in [0.29, 0.717) is 6.42 Å². The molecule has 0 radical (unpaired) electrons. The first-order chi connectivity index (χ1) is 5.20. The van der Waals surface area contributed by atoms with Gasteiger partial charge in [-0.15, -0.1) is 0 Å². The molecule has 3 heteroatoms. The standard InChI is InChI=1S/C8H10O3/c1-4-5-2-3-6(9)7(5)8(10)11-4/h4-5,7H,2-3H2,1H3/t4-,5+,7-/m0/s1. The van der Waals surface area contributed by atoms with Crippen molar-refractivity contribution >= 4 is 11.8 Å². The third-order valence-corrected chi connectivity index (χ3v) is 2.66. The maximum atomic E-state index is 11.1. The summed E-state index contributed by atoms with van der Waals surface area (Å²) in [7, 11) is 0. The summed E-state index contributed by atoms with van der Waals surface area (Å²) in [4.78, 5) is 22.1. The molecule has 2 fully saturated rings. The maximum Gasteiger partial charge on any atom is 0.317 e. The lowest BCUT2D eigenvalue weighted by Crippen LogP contribution is -2.17. The normalized spacial score (nSPS) is 42.5. The molecule has 0 spiro atoms. The SMILES string of the molecule is C[C@@H]1OC(=O)[C@@H]2C(=O)CC[C@@H]21. The Morgan fingerprint density at radius 3 is 2.82 bits per heavy atom. The van der Waals surface area contributed by atoms with Crippen LogP contribution in [0.25, 0.3) is 0 Å². The first-order valence-corrected chi connectivity index (χ1v) is 3.93. The molecule has 0 aromatic carbocycles. The van der Waals surface area contributed by atoms with Crippen molar-refractivity contribution in [3.63, 3.8) is 0 Å². The number of carbonyl (C=O) groups excluding carboxylic acids is 2. The highest BCUT2D eigenvalue weighted by atomic mass is 16.6. The first kappa shape index (κ1) is 6.83. The maximum absolute atomic E-state index is 11.1. The van der Waals surface area contributed by atoms with E-state index in [0.717, 1.165) is 6.42 Å². The largest absolute Gasteiger partial charge is 0.462 e. The fraction of sp³-hybridized carbons (Fsp3) is 0.750. The summed E-state index contributed by atoms with van der Waals surface area (Å²) in [5, 5.41) is 0. The van der Waals surface area contributed by atoms with Gasteiger partial charge in [-0.1, -0.05) is 0 Å². The number of Topliss-reactive ketones (excluding diaryl/α,β-unsaturated/α-hetero) is 1. The van der Waals surface area contributed by atoms with Gasteiger partial charge >= 0.3 is 5.97 Å². The van der Waals surface area contributed by atoms with Gasteiger partial charge in [0.25, 0.3) is 0 Å². The minimum Gasteiger partial charge on any atom is -0.462 e. The van der Waals surface area contributed by atoms with Crippen molar-refractivity contribution in [1.29, 1.82) is 0 Å². The molecule has 0 aromatic heterocycles. The van der Waals surface area contributed by atoms with E-state index in [9.17, 15) is 9.59 Å². The van der Waals surface area contributed by atoms with Gasteiger partial charge in [-0.3, -0.25) is 9.59 Å². The predicted molar refractivity (Wildman–Crippen MR) is 36.8 cm³/mol. The summed E-state index contributed by atoms with van der Waals surface area (Å²) in [5.74, 6) is -0.464. The van der Waals surface area contributed by atoms with Crippen molar-refractivity contribution < 1.29 is 14.3 Å². The van der Waals surface area contributed by atoms with E-state index in [4.69, 9.17) is 4.74 Å². The first-order valence-electron chi connectivity index (χ1n) is 3.93. The fourth-order valence-electron chi connectivity index (χ4n) is 2.03. The molecule has 0 amide bonds. The summed E-state index contributed by atoms with van der Waals surface area (Å²) in [6.45, 7) is 1.86. The lowest BCUT2D eigenvalue weighted by molar-refractivity contribution is -0.146. The number of carbonyl (C=O) groups is 2. The van der Waals surface area contributed by atoms with E-state index in [1.165, 1.54) is 0 Å². The van der Waals surface area contributed by atoms with E-state index < -0.39 is 5.92 Å². The average Bonchev–Trinajstić information content (AvgIpc) is 2.41. The smallest absolute Gasteiger partial charge is 0.317 e. The molecule has 0 bridgehead atoms. The third kappa shape index (κ3) is 0.800. The van der Waals surface area contributed by atoms with Crippen LogP contribution in [-0.4, -0.2) is 17.9 Å². The monoisotopic (exact) mass is 154 g/mol. The second kappa shape index (κ2) is 2.06. The van der Waals surface area contributed by atoms with Gasteiger partial charge in [0, 0.05) is 12.3 Å². The predicted octanol–water partition coefficient (Wildman–Crippen LogP) is 0.527. The minimum atomic E-state index is -0.412. The number of hydrogen-bond acceptors (Lipinski definition) is 3. The van der Waals surface area contributed by atoms with Gasteiger partial charge in [0.1, 0.15) is 17.8 Å². The lowest BCUT2D eigenvalue weighted by atomic mass is 9.95. The van der Waals surface area contributed by atoms with E-state index in [1.807, 2.05) is 6.92 Å². The van der Waals surface area contributed by atoms with Crippen LogP contribution in [0.15, 0.2) is 0 Å². The zero-order chi connectivity index (χ0) is 8.01. The van der Waals surface area contributed by atoms with Crippen LogP contribution in [0.5, 0.6) is 0 Å². The Kier molecular flexibility index (Phi) is 1.28. The van der Waals surface area contributed by atoms with Crippen molar-refractivity contribution in [2.75, 3.05) is 0 Å². The highest BCUT2D eigenvalue weighted by Gasteiger charge is 2.50. The van der Waals surface area contributed by atoms with E-state index >= 15 is 0 Å². The molecular weight excluding hydrogens is 144 g/mol. The van der Waals surface area contributed by atoms with Gasteiger partial charge < -0.3 is 4.74 Å². The number of rotatable bonds is 0. The second-order valence-electron chi connectivity index (χ2n) is 3.29. The van der Waals surface area contributed by atoms with E-state index in [-0.39, 0.29) is 23.8 Å². The number of fused-ring (bicyclic) bond motifs is 1. The summed E-state index contributed by atoms with van der Waals surface area (Å²) in [6.07, 6.45) is 1.35. The summed E-state index contributed by atoms with van der Waals surface area (Å²) < 4.78 is 4.94. The Bertz CT molecular complexity index is 221. The molecule has 2 rings (SSSR count). The molecule has 3 nitrogen and oxygen atoms in total. The fourth-order valence-corrected chi connectivity index (χ4v) is 2.03. The highest BCUT2D eigenvalue weighted by molar-refractivity contribution is 6.02. The van der Waals surface area contributed by atoms with Crippen LogP contribution in [0.2, 0.25) is 0 Å². The Morgan fingerprint density at radius 2 is 2.18 bits per heavy atom. The number of ketones is 1. The van der Waals surface area contributed by atoms with Gasteiger partial charge in [0.15, 0.2) is 0 Å². The van der Waals surface area contributed by atoms with Crippen LogP contribution in [0.3, 0.4) is 0 Å². The average molecular weight is 154 g/mol. The van der Waals surface area contributed by atoms with Crippen LogP contribution in [0.1, 0.15) is 19.8 Å². The number of cyclic esters (lactones) is 1. The number of esters is 1. The quantitative estimate of drug-likeness (QED) is 0.377. The van der Waals surface area contributed by atoms with Crippen LogP contribution in [0, 0.1) is 11.8 Å². The molecule has 1 saturated heterocycles. The van der Waals surface area contributed by atoms with Crippen molar-refractivity contribution in [3.8, 4) is 0 Å². The van der Waals surface area contributed by atoms with Crippen molar-refractivity contribution in [2.24, 2.45) is 11.8 Å². The molecule has 0 aromatic rings. The molecule has 2 aliphatic rings. The lowest BCUT2D eigenvalue weighted by Gasteiger charge is -2.07. The number of ether oxygens (including phenoxy) is 1. The Morgan fingerprint density at radius 1 is 1.45 bits per heavy atom. The Hall–Kier alpha value is -0.860. The Labute approximate surface area is 64.7 Å². The summed E-state index contributed by atoms with van der Waals surface area (Å²) in [5.41, 5.74) is 0. The molecule has 11 heavy (non-hydrogen) atoms. The molecule has 1 aliphatic heterocycles. The van der Waals surface area contributed by atoms with Crippen LogP contribution in [-0.2, 0) is 14.3 Å². The van der Waals surface area contributed by atoms with Gasteiger partial charge in [-0.2, -0.15) is 0 Å². The summed E-state index contributed by atoms with van der Waals surface area (Å²) >= 11 is 0.